The number of carbonyl (C=O) groups is 1. The molecule has 0 saturated carbocycles. The summed E-state index contributed by atoms with van der Waals surface area (Å²) in [5.41, 5.74) is 2.77. The van der Waals surface area contributed by atoms with Crippen molar-refractivity contribution in [3.63, 3.8) is 0 Å². The van der Waals surface area contributed by atoms with Crippen LogP contribution in [0.15, 0.2) is 30.6 Å². The first-order valence-corrected chi connectivity index (χ1v) is 9.65. The molecule has 0 radical (unpaired) electrons. The van der Waals surface area contributed by atoms with Crippen LogP contribution in [0.2, 0.25) is 5.02 Å². The highest BCUT2D eigenvalue weighted by Crippen LogP contribution is 2.37. The number of nitrogens with zero attached hydrogens (tertiary/aromatic N) is 2. The van der Waals surface area contributed by atoms with E-state index in [2.05, 4.69) is 20.6 Å². The Hall–Kier alpha value is -3.10. The van der Waals surface area contributed by atoms with Crippen LogP contribution in [0.5, 0.6) is 11.5 Å². The monoisotopic (exact) mass is 430 g/mol. The molecule has 0 fully saturated rings. The third-order valence-electron chi connectivity index (χ3n) is 4.53. The summed E-state index contributed by atoms with van der Waals surface area (Å²) in [4.78, 5) is 20.4. The molecule has 0 unspecified atom stereocenters. The first-order valence-electron chi connectivity index (χ1n) is 9.27. The molecule has 0 atom stereocenters. The van der Waals surface area contributed by atoms with Crippen molar-refractivity contribution in [3.8, 4) is 11.5 Å². The maximum absolute atomic E-state index is 11.7. The van der Waals surface area contributed by atoms with Gasteiger partial charge in [-0.2, -0.15) is 0 Å². The first kappa shape index (κ1) is 21.6. The average Bonchev–Trinajstić information content (AvgIpc) is 2.72. The van der Waals surface area contributed by atoms with Gasteiger partial charge >= 0.3 is 0 Å². The fourth-order valence-electron chi connectivity index (χ4n) is 3.26. The van der Waals surface area contributed by atoms with Crippen molar-refractivity contribution in [1.82, 2.24) is 9.97 Å². The van der Waals surface area contributed by atoms with Gasteiger partial charge in [0.2, 0.25) is 5.91 Å². The van der Waals surface area contributed by atoms with Gasteiger partial charge in [-0.3, -0.25) is 4.79 Å². The molecular formula is C21H23ClN4O4. The summed E-state index contributed by atoms with van der Waals surface area (Å²) in [5, 5.41) is 16.8. The molecule has 0 saturated heterocycles. The van der Waals surface area contributed by atoms with Crippen molar-refractivity contribution in [3.05, 3.63) is 46.7 Å². The van der Waals surface area contributed by atoms with E-state index >= 15 is 0 Å². The van der Waals surface area contributed by atoms with Gasteiger partial charge in [-0.15, -0.1) is 0 Å². The standard InChI is InChI=1S/C21H23ClN4O4/c1-12(28)26-17-9-15-19(14(6-7-27)20(17)30-3)24-11-25-21(15)23-10-13-4-5-18(29-2)16(22)8-13/h4-5,8-9,11,27H,6-7,10H2,1-3H3,(H,26,28)(H,23,24,25). The molecule has 3 aromatic rings. The van der Waals surface area contributed by atoms with Gasteiger partial charge in [0.25, 0.3) is 0 Å². The number of aromatic nitrogens is 2. The number of amides is 1. The second-order valence-electron chi connectivity index (χ2n) is 6.53. The molecule has 3 N–H and O–H groups in total. The van der Waals surface area contributed by atoms with Crippen LogP contribution in [0, 0.1) is 0 Å². The zero-order valence-corrected chi connectivity index (χ0v) is 17.7. The predicted molar refractivity (Wildman–Crippen MR) is 117 cm³/mol. The van der Waals surface area contributed by atoms with E-state index in [-0.39, 0.29) is 12.5 Å². The molecule has 0 aliphatic rings. The van der Waals surface area contributed by atoms with Crippen LogP contribution in [0.4, 0.5) is 11.5 Å². The third-order valence-corrected chi connectivity index (χ3v) is 4.83. The number of fused-ring (bicyclic) bond motifs is 1. The number of aliphatic hydroxyl groups is 1. The Bertz CT molecular complexity index is 1070. The van der Waals surface area contributed by atoms with Crippen molar-refractivity contribution in [2.45, 2.75) is 19.9 Å². The number of ether oxygens (including phenoxy) is 2. The number of benzene rings is 2. The second kappa shape index (κ2) is 9.60. The highest BCUT2D eigenvalue weighted by Gasteiger charge is 2.18. The molecular weight excluding hydrogens is 408 g/mol. The number of methoxy groups -OCH3 is 2. The lowest BCUT2D eigenvalue weighted by molar-refractivity contribution is -0.114. The smallest absolute Gasteiger partial charge is 0.221 e. The molecule has 9 heteroatoms. The first-order chi connectivity index (χ1) is 14.5. The summed E-state index contributed by atoms with van der Waals surface area (Å²) in [6, 6.07) is 7.29. The summed E-state index contributed by atoms with van der Waals surface area (Å²) < 4.78 is 10.7. The largest absolute Gasteiger partial charge is 0.495 e. The molecule has 30 heavy (non-hydrogen) atoms. The lowest BCUT2D eigenvalue weighted by Crippen LogP contribution is -2.10. The van der Waals surface area contributed by atoms with Gasteiger partial charge in [0.1, 0.15) is 23.6 Å². The van der Waals surface area contributed by atoms with Gasteiger partial charge in [0, 0.05) is 37.4 Å². The summed E-state index contributed by atoms with van der Waals surface area (Å²) in [6.45, 7) is 1.79. The molecule has 1 amide bonds. The number of carbonyl (C=O) groups excluding carboxylic acids is 1. The fourth-order valence-corrected chi connectivity index (χ4v) is 3.54. The van der Waals surface area contributed by atoms with Crippen LogP contribution >= 0.6 is 11.6 Å². The SMILES string of the molecule is COc1ccc(CNc2ncnc3c(CCO)c(OC)c(NC(C)=O)cc23)cc1Cl. The molecule has 158 valence electrons. The van der Waals surface area contributed by atoms with Crippen molar-refractivity contribution >= 4 is 39.9 Å². The van der Waals surface area contributed by atoms with Gasteiger partial charge in [-0.1, -0.05) is 17.7 Å². The van der Waals surface area contributed by atoms with Crippen LogP contribution in [-0.4, -0.2) is 41.8 Å². The summed E-state index contributed by atoms with van der Waals surface area (Å²) in [6.07, 6.45) is 1.77. The number of hydrogen-bond donors (Lipinski definition) is 3. The van der Waals surface area contributed by atoms with E-state index in [0.29, 0.717) is 57.5 Å². The van der Waals surface area contributed by atoms with Crippen LogP contribution in [-0.2, 0) is 17.8 Å². The Morgan fingerprint density at radius 1 is 1.20 bits per heavy atom. The second-order valence-corrected chi connectivity index (χ2v) is 6.94. The Labute approximate surface area is 179 Å². The lowest BCUT2D eigenvalue weighted by atomic mass is 10.0. The van der Waals surface area contributed by atoms with Gasteiger partial charge in [0.05, 0.1) is 30.4 Å². The number of aliphatic hydroxyl groups excluding tert-OH is 1. The topological polar surface area (TPSA) is 106 Å². The zero-order chi connectivity index (χ0) is 21.7. The molecule has 0 bridgehead atoms. The van der Waals surface area contributed by atoms with Gasteiger partial charge in [-0.25, -0.2) is 9.97 Å². The number of hydrogen-bond acceptors (Lipinski definition) is 7. The number of halogens is 1. The lowest BCUT2D eigenvalue weighted by Gasteiger charge is -2.17. The van der Waals surface area contributed by atoms with E-state index in [1.165, 1.54) is 20.4 Å². The van der Waals surface area contributed by atoms with Gasteiger partial charge < -0.3 is 25.2 Å². The summed E-state index contributed by atoms with van der Waals surface area (Å²) in [7, 11) is 3.08. The average molecular weight is 431 g/mol. The van der Waals surface area contributed by atoms with Crippen molar-refractivity contribution in [1.29, 1.82) is 0 Å². The third kappa shape index (κ3) is 4.55. The molecule has 2 aromatic carbocycles. The number of nitrogens with one attached hydrogen (secondary N) is 2. The van der Waals surface area contributed by atoms with E-state index < -0.39 is 0 Å². The van der Waals surface area contributed by atoms with E-state index in [4.69, 9.17) is 21.1 Å². The fraction of sp³-hybridized carbons (Fsp3) is 0.286. The minimum atomic E-state index is -0.234. The van der Waals surface area contributed by atoms with Crippen molar-refractivity contribution < 1.29 is 19.4 Å². The quantitative estimate of drug-likeness (QED) is 0.502. The maximum atomic E-state index is 11.7. The van der Waals surface area contributed by atoms with Gasteiger partial charge in [0.15, 0.2) is 0 Å². The minimum absolute atomic E-state index is 0.0912. The van der Waals surface area contributed by atoms with E-state index in [9.17, 15) is 9.90 Å². The zero-order valence-electron chi connectivity index (χ0n) is 17.0. The minimum Gasteiger partial charge on any atom is -0.495 e. The van der Waals surface area contributed by atoms with Crippen LogP contribution in [0.1, 0.15) is 18.1 Å². The summed E-state index contributed by atoms with van der Waals surface area (Å²) >= 11 is 6.21. The van der Waals surface area contributed by atoms with E-state index in [0.717, 1.165) is 5.56 Å². The predicted octanol–water partition coefficient (Wildman–Crippen LogP) is 3.41. The van der Waals surface area contributed by atoms with Crippen LogP contribution < -0.4 is 20.1 Å². The van der Waals surface area contributed by atoms with E-state index in [1.54, 1.807) is 19.2 Å². The van der Waals surface area contributed by atoms with Crippen molar-refractivity contribution in [2.24, 2.45) is 0 Å². The molecule has 8 nitrogen and oxygen atoms in total. The Morgan fingerprint density at radius 2 is 2.00 bits per heavy atom. The molecule has 0 aliphatic carbocycles. The molecule has 3 rings (SSSR count). The molecule has 1 heterocycles. The molecule has 0 spiro atoms. The van der Waals surface area contributed by atoms with Crippen molar-refractivity contribution in [2.75, 3.05) is 31.5 Å². The highest BCUT2D eigenvalue weighted by molar-refractivity contribution is 6.32. The van der Waals surface area contributed by atoms with Crippen LogP contribution in [0.25, 0.3) is 10.9 Å². The molecule has 1 aromatic heterocycles. The Balaban J connectivity index is 2.03. The Kier molecular flexibility index (Phi) is 6.91. The maximum Gasteiger partial charge on any atom is 0.221 e. The van der Waals surface area contributed by atoms with Crippen LogP contribution in [0.3, 0.4) is 0 Å². The summed E-state index contributed by atoms with van der Waals surface area (Å²) in [5.74, 6) is 1.43. The number of rotatable bonds is 8. The highest BCUT2D eigenvalue weighted by atomic mass is 35.5. The van der Waals surface area contributed by atoms with Gasteiger partial charge in [-0.05, 0) is 23.8 Å². The van der Waals surface area contributed by atoms with E-state index in [1.807, 2.05) is 12.1 Å². The molecule has 0 aliphatic heterocycles. The Morgan fingerprint density at radius 3 is 2.63 bits per heavy atom. The normalized spacial score (nSPS) is 10.7. The number of anilines is 2.